The van der Waals surface area contributed by atoms with Gasteiger partial charge >= 0.3 is 5.97 Å². The summed E-state index contributed by atoms with van der Waals surface area (Å²) in [6, 6.07) is -4.81. The monoisotopic (exact) mass is 1420 g/mol. The average molecular weight is 1420 g/mol. The van der Waals surface area contributed by atoms with E-state index in [1.807, 2.05) is 6.26 Å². The zero-order chi connectivity index (χ0) is 73.4. The number of amides is 11. The molecule has 2 aromatic rings. The molecule has 23 N–H and O–H groups in total. The summed E-state index contributed by atoms with van der Waals surface area (Å²) in [5.41, 5.74) is 35.0. The molecule has 0 radical (unpaired) electrons. The van der Waals surface area contributed by atoms with Crippen molar-refractivity contribution in [2.24, 2.45) is 50.3 Å². The number of aliphatic hydroxyl groups is 1. The van der Waals surface area contributed by atoms with Crippen LogP contribution < -0.4 is 76.9 Å². The van der Waals surface area contributed by atoms with Gasteiger partial charge in [-0.3, -0.25) is 62.7 Å². The summed E-state index contributed by atoms with van der Waals surface area (Å²) >= 11 is 1.43. The van der Waals surface area contributed by atoms with Gasteiger partial charge in [-0.15, -0.1) is 0 Å². The van der Waals surface area contributed by atoms with Gasteiger partial charge in [0.1, 0.15) is 60.4 Å². The second-order valence-corrected chi connectivity index (χ2v) is 26.4. The topological polar surface area (TPSA) is 561 Å². The van der Waals surface area contributed by atoms with E-state index in [4.69, 9.17) is 34.4 Å². The predicted octanol–water partition coefficient (Wildman–Crippen LogP) is -4.88. The number of H-pyrrole nitrogens is 1. The number of nitrogens with two attached hydrogens (primary N) is 6. The highest BCUT2D eigenvalue weighted by atomic mass is 32.2. The lowest BCUT2D eigenvalue weighted by Gasteiger charge is -2.31. The smallest absolute Gasteiger partial charge is 0.326 e. The number of aromatic amines is 1. The van der Waals surface area contributed by atoms with Gasteiger partial charge in [0, 0.05) is 57.5 Å². The number of rotatable bonds is 42. The minimum absolute atomic E-state index is 0.00231. The van der Waals surface area contributed by atoms with E-state index in [-0.39, 0.29) is 128 Å². The molecule has 554 valence electrons. The summed E-state index contributed by atoms with van der Waals surface area (Å²) in [6.45, 7) is 3.00. The lowest BCUT2D eigenvalue weighted by atomic mass is 10.0. The molecule has 3 fully saturated rings. The number of hydrogen-bond donors (Lipinski definition) is 17. The molecule has 0 saturated carbocycles. The van der Waals surface area contributed by atoms with E-state index in [0.717, 1.165) is 0 Å². The molecule has 1 aromatic heterocycles. The zero-order valence-electron chi connectivity index (χ0n) is 57.2. The third-order valence-electron chi connectivity index (χ3n) is 17.3. The summed E-state index contributed by atoms with van der Waals surface area (Å²) in [7, 11) is 0. The lowest BCUT2D eigenvalue weighted by Crippen LogP contribution is -2.61. The van der Waals surface area contributed by atoms with Gasteiger partial charge in [-0.1, -0.05) is 44.2 Å². The number of nitrogens with zero attached hydrogens (tertiary/aromatic N) is 6. The van der Waals surface area contributed by atoms with Gasteiger partial charge in [0.05, 0.1) is 25.5 Å². The quantitative estimate of drug-likeness (QED) is 0.0168. The van der Waals surface area contributed by atoms with Crippen LogP contribution in [0.5, 0.6) is 0 Å². The van der Waals surface area contributed by atoms with Crippen molar-refractivity contribution < 1.29 is 67.7 Å². The van der Waals surface area contributed by atoms with Crippen LogP contribution in [-0.2, 0) is 70.4 Å². The second-order valence-electron chi connectivity index (χ2n) is 25.5. The van der Waals surface area contributed by atoms with Crippen LogP contribution in [0.2, 0.25) is 0 Å². The number of benzene rings is 1. The van der Waals surface area contributed by atoms with E-state index in [1.165, 1.54) is 39.0 Å². The van der Waals surface area contributed by atoms with Gasteiger partial charge in [-0.2, -0.15) is 11.8 Å². The van der Waals surface area contributed by atoms with Crippen LogP contribution in [0.1, 0.15) is 121 Å². The number of aliphatic hydroxyl groups excluding tert-OH is 1. The van der Waals surface area contributed by atoms with Gasteiger partial charge in [-0.05, 0) is 126 Å². The van der Waals surface area contributed by atoms with E-state index in [1.54, 1.807) is 44.2 Å². The molecule has 35 nitrogen and oxygen atoms in total. The Hall–Kier alpha value is -9.16. The Morgan fingerprint density at radius 1 is 0.600 bits per heavy atom. The van der Waals surface area contributed by atoms with Crippen LogP contribution >= 0.6 is 11.8 Å². The Bertz CT molecular complexity index is 3120. The maximum absolute atomic E-state index is 14.4. The van der Waals surface area contributed by atoms with Crippen LogP contribution in [0.3, 0.4) is 0 Å². The summed E-state index contributed by atoms with van der Waals surface area (Å²) in [4.78, 5) is 186. The lowest BCUT2D eigenvalue weighted by molar-refractivity contribution is -0.145. The first-order chi connectivity index (χ1) is 47.8. The van der Waals surface area contributed by atoms with Crippen LogP contribution in [0, 0.1) is 5.92 Å². The number of likely N-dealkylation sites (tertiary alicyclic amines) is 3. The number of thioether (sulfide) groups is 1. The molecule has 3 saturated heterocycles. The molecule has 11 atom stereocenters. The van der Waals surface area contributed by atoms with E-state index in [2.05, 4.69) is 62.5 Å². The van der Waals surface area contributed by atoms with Crippen molar-refractivity contribution >= 4 is 94.6 Å². The summed E-state index contributed by atoms with van der Waals surface area (Å²) in [6.07, 6.45) is 8.11. The molecule has 3 aliphatic rings. The van der Waals surface area contributed by atoms with E-state index in [0.29, 0.717) is 55.5 Å². The number of carboxylic acid groups (broad SMARTS) is 1. The summed E-state index contributed by atoms with van der Waals surface area (Å²) in [5.74, 6) is -9.42. The molecule has 0 unspecified atom stereocenters. The minimum Gasteiger partial charge on any atom is -0.480 e. The number of imidazole rings is 1. The number of aliphatic imine (C=N–C) groups is 2. The molecule has 4 heterocycles. The molecule has 0 bridgehead atoms. The number of carbonyl (C=O) groups is 12. The Labute approximate surface area is 585 Å². The number of guanidine groups is 2. The number of hydrogen-bond acceptors (Lipinski definition) is 19. The number of carbonyl (C=O) groups excluding carboxylic acids is 11. The first-order valence-corrected chi connectivity index (χ1v) is 35.4. The molecule has 1 aromatic carbocycles. The highest BCUT2D eigenvalue weighted by molar-refractivity contribution is 7.98. The first-order valence-electron chi connectivity index (χ1n) is 34.0. The van der Waals surface area contributed by atoms with Crippen molar-refractivity contribution in [2.45, 2.75) is 189 Å². The fraction of sp³-hybridized carbons (Fsp3) is 0.641. The number of unbranched alkanes of at least 4 members (excludes halogenated alkanes) is 1. The van der Waals surface area contributed by atoms with Crippen molar-refractivity contribution in [2.75, 3.05) is 64.4 Å². The van der Waals surface area contributed by atoms with Crippen LogP contribution in [0.25, 0.3) is 0 Å². The number of nitrogens with one attached hydrogen (secondary N) is 9. The average Bonchev–Trinajstić information content (AvgIpc) is 1.65. The molecule has 100 heavy (non-hydrogen) atoms. The number of aromatic nitrogens is 2. The van der Waals surface area contributed by atoms with Gasteiger partial charge < -0.3 is 107 Å². The molecule has 3 aliphatic heterocycles. The maximum Gasteiger partial charge on any atom is 0.326 e. The van der Waals surface area contributed by atoms with E-state index < -0.39 is 151 Å². The van der Waals surface area contributed by atoms with Gasteiger partial charge in [0.15, 0.2) is 11.9 Å². The summed E-state index contributed by atoms with van der Waals surface area (Å²) in [5, 5.41) is 41.7. The standard InChI is InChI=1S/C64H103N21O14S/c1-37(2)30-44(79-53(89)42(18-10-25-73-64(69)70)77-58(94)49-20-12-27-84(49)60(96)40(66)16-9-24-72-63(67)68)54(90)82-47(35-86)56(92)80-45(32-39-33-71-36-75-39)55(91)76-41(17-7-8-23-65)52(88)74-34-51(87)83-26-11-19-48(83)57(93)78-43(22-29-100-3)61(97)85-28-13-21-50(85)59(95)81-46(62(98)99)31-38-14-5-4-6-15-38/h4-6,14-15,33,36-37,40-50,86H,7-13,16-32,34-35,65-66H2,1-3H3,(H,71,75)(H,74,88)(H,76,91)(H,77,94)(H,78,93)(H,79,89)(H,80,92)(H,81,95)(H,82,90)(H,98,99)(H4,67,68,72)(H4,69,70,73)/t40-,41-,42+,43-,44+,45+,46-,47-,48+,49-,50+/m1/s1. The molecular formula is C64H103N21O14S. The maximum atomic E-state index is 14.4. The second kappa shape index (κ2) is 42.1. The molecule has 36 heteroatoms. The third kappa shape index (κ3) is 26.2. The Morgan fingerprint density at radius 2 is 1.10 bits per heavy atom. The van der Waals surface area contributed by atoms with Gasteiger partial charge in [0.2, 0.25) is 65.0 Å². The molecule has 0 spiro atoms. The minimum atomic E-state index is -1.73. The fourth-order valence-corrected chi connectivity index (χ4v) is 12.6. The van der Waals surface area contributed by atoms with E-state index >= 15 is 0 Å². The Balaban J connectivity index is 1.24. The van der Waals surface area contributed by atoms with Gasteiger partial charge in [-0.25, -0.2) is 9.78 Å². The third-order valence-corrected chi connectivity index (χ3v) is 17.9. The van der Waals surface area contributed by atoms with Crippen LogP contribution in [-0.4, -0.2) is 249 Å². The molecular weight excluding hydrogens is 1320 g/mol. The Morgan fingerprint density at radius 3 is 1.66 bits per heavy atom. The van der Waals surface area contributed by atoms with Crippen molar-refractivity contribution in [3.05, 3.63) is 54.1 Å². The predicted molar refractivity (Wildman–Crippen MR) is 371 cm³/mol. The van der Waals surface area contributed by atoms with Crippen molar-refractivity contribution in [1.82, 2.24) is 67.2 Å². The van der Waals surface area contributed by atoms with Crippen molar-refractivity contribution in [3.8, 4) is 0 Å². The molecule has 5 rings (SSSR count). The molecule has 0 aliphatic carbocycles. The van der Waals surface area contributed by atoms with Crippen molar-refractivity contribution in [3.63, 3.8) is 0 Å². The largest absolute Gasteiger partial charge is 0.480 e. The van der Waals surface area contributed by atoms with Crippen molar-refractivity contribution in [1.29, 1.82) is 0 Å². The summed E-state index contributed by atoms with van der Waals surface area (Å²) < 4.78 is 0. The normalized spacial score (nSPS) is 18.1. The zero-order valence-corrected chi connectivity index (χ0v) is 58.0. The SMILES string of the molecule is CSCC[C@@H](NC(=O)[C@@H]1CCCN1C(=O)CNC(=O)[C@@H](CCCCN)NC(=O)[C@H](Cc1cnc[nH]1)NC(=O)[C@@H](CO)NC(=O)[C@H](CC(C)C)NC(=O)[C@H](CCCN=C(N)N)NC(=O)[C@H]1CCCN1C(=O)[C@H](N)CCCN=C(N)N)C(=O)N1CCC[C@H]1C(=O)N[C@H](Cc1ccccc1)C(=O)O. The molecule has 11 amide bonds. The number of carboxylic acids is 1. The highest BCUT2D eigenvalue weighted by Crippen LogP contribution is 2.24. The fourth-order valence-electron chi connectivity index (χ4n) is 12.1. The number of aliphatic carboxylic acids is 1. The van der Waals surface area contributed by atoms with Gasteiger partial charge in [0.25, 0.3) is 0 Å². The Kier molecular flexibility index (Phi) is 34.3. The highest BCUT2D eigenvalue weighted by Gasteiger charge is 2.43. The van der Waals surface area contributed by atoms with E-state index in [9.17, 15) is 67.7 Å². The first kappa shape index (κ1) is 81.5. The van der Waals surface area contributed by atoms with Crippen LogP contribution in [0.4, 0.5) is 0 Å². The van der Waals surface area contributed by atoms with Crippen LogP contribution in [0.15, 0.2) is 52.8 Å².